The van der Waals surface area contributed by atoms with Crippen molar-refractivity contribution in [3.63, 3.8) is 0 Å². The zero-order valence-corrected chi connectivity index (χ0v) is 20.6. The van der Waals surface area contributed by atoms with Crippen molar-refractivity contribution < 1.29 is 9.53 Å². The van der Waals surface area contributed by atoms with Gasteiger partial charge in [0.15, 0.2) is 0 Å². The maximum absolute atomic E-state index is 13.2. The molecule has 7 rings (SSSR count). The van der Waals surface area contributed by atoms with Crippen LogP contribution in [-0.2, 0) is 24.3 Å². The van der Waals surface area contributed by atoms with E-state index in [1.807, 2.05) is 12.1 Å². The van der Waals surface area contributed by atoms with Crippen LogP contribution in [0.3, 0.4) is 0 Å². The van der Waals surface area contributed by atoms with Crippen LogP contribution >= 0.6 is 11.6 Å². The Kier molecular flexibility index (Phi) is 5.77. The third kappa shape index (κ3) is 4.31. The first-order chi connectivity index (χ1) is 16.5. The molecule has 4 saturated carbocycles. The average Bonchev–Trinajstić information content (AvgIpc) is 2.78. The molecule has 1 amide bonds. The zero-order valence-electron chi connectivity index (χ0n) is 19.9. The van der Waals surface area contributed by atoms with E-state index < -0.39 is 0 Å². The second-order valence-corrected chi connectivity index (χ2v) is 11.6. The number of benzene rings is 1. The van der Waals surface area contributed by atoms with E-state index in [1.54, 1.807) is 13.4 Å². The summed E-state index contributed by atoms with van der Waals surface area (Å²) in [6, 6.07) is 5.93. The van der Waals surface area contributed by atoms with Crippen molar-refractivity contribution in [2.75, 3.05) is 19.0 Å². The lowest BCUT2D eigenvalue weighted by Crippen LogP contribution is -2.47. The first-order valence-corrected chi connectivity index (χ1v) is 13.0. The van der Waals surface area contributed by atoms with Crippen molar-refractivity contribution in [3.8, 4) is 5.75 Å². The number of carbonyl (C=O) groups is 1. The number of amides is 1. The van der Waals surface area contributed by atoms with Crippen LogP contribution in [0.5, 0.6) is 5.75 Å². The van der Waals surface area contributed by atoms with Gasteiger partial charge in [-0.1, -0.05) is 17.7 Å². The SMILES string of the molecule is COc1ccc(CN2CCc3c(ncnc3NC(=O)CC34CC5CC(CC(C5)C3)C4)C2)cc1Cl. The zero-order chi connectivity index (χ0) is 23.3. The molecule has 1 aromatic carbocycles. The molecule has 34 heavy (non-hydrogen) atoms. The summed E-state index contributed by atoms with van der Waals surface area (Å²) < 4.78 is 5.26. The molecule has 5 aliphatic rings. The van der Waals surface area contributed by atoms with Gasteiger partial charge < -0.3 is 10.1 Å². The number of methoxy groups -OCH3 is 1. The standard InChI is InChI=1S/C27H33ClN4O2/c1-34-24-3-2-17(9-22(24)28)14-32-5-4-21-23(15-32)29-16-30-26(21)31-25(33)13-27-10-18-6-19(11-27)8-20(7-18)12-27/h2-3,9,16,18-20H,4-8,10-15H2,1H3,(H,29,30,31,33). The number of hydrogen-bond acceptors (Lipinski definition) is 5. The molecule has 2 heterocycles. The minimum Gasteiger partial charge on any atom is -0.495 e. The number of hydrogen-bond donors (Lipinski definition) is 1. The van der Waals surface area contributed by atoms with Crippen LogP contribution in [0.25, 0.3) is 0 Å². The molecule has 4 fully saturated rings. The molecule has 2 aromatic rings. The summed E-state index contributed by atoms with van der Waals surface area (Å²) in [7, 11) is 1.63. The normalized spacial score (nSPS) is 29.6. The molecule has 7 heteroatoms. The first kappa shape index (κ1) is 22.3. The molecule has 1 N–H and O–H groups in total. The van der Waals surface area contributed by atoms with Gasteiger partial charge in [0.25, 0.3) is 0 Å². The Balaban J connectivity index is 1.11. The molecular weight excluding hydrogens is 448 g/mol. The van der Waals surface area contributed by atoms with Gasteiger partial charge in [-0.25, -0.2) is 9.97 Å². The van der Waals surface area contributed by atoms with Crippen LogP contribution in [0, 0.1) is 23.2 Å². The molecule has 0 atom stereocenters. The van der Waals surface area contributed by atoms with Gasteiger partial charge in [-0.15, -0.1) is 0 Å². The van der Waals surface area contributed by atoms with Crippen molar-refractivity contribution in [2.24, 2.45) is 23.2 Å². The molecule has 4 bridgehead atoms. The molecule has 6 nitrogen and oxygen atoms in total. The van der Waals surface area contributed by atoms with Gasteiger partial charge >= 0.3 is 0 Å². The quantitative estimate of drug-likeness (QED) is 0.612. The fraction of sp³-hybridized carbons (Fsp3) is 0.593. The fourth-order valence-corrected chi connectivity index (χ4v) is 8.02. The molecule has 4 aliphatic carbocycles. The predicted octanol–water partition coefficient (Wildman–Crippen LogP) is 5.24. The lowest BCUT2D eigenvalue weighted by atomic mass is 9.49. The van der Waals surface area contributed by atoms with E-state index in [-0.39, 0.29) is 11.3 Å². The van der Waals surface area contributed by atoms with E-state index in [2.05, 4.69) is 26.3 Å². The topological polar surface area (TPSA) is 67.3 Å². The number of nitrogens with one attached hydrogen (secondary N) is 1. The Morgan fingerprint density at radius 1 is 1.18 bits per heavy atom. The lowest BCUT2D eigenvalue weighted by molar-refractivity contribution is -0.124. The first-order valence-electron chi connectivity index (χ1n) is 12.7. The van der Waals surface area contributed by atoms with Crippen molar-refractivity contribution in [3.05, 3.63) is 46.4 Å². The number of fused-ring (bicyclic) bond motifs is 1. The Labute approximate surface area is 206 Å². The van der Waals surface area contributed by atoms with Crippen LogP contribution in [0.15, 0.2) is 24.5 Å². The third-order valence-corrected chi connectivity index (χ3v) is 8.96. The minimum atomic E-state index is 0.137. The number of anilines is 1. The Morgan fingerprint density at radius 3 is 2.59 bits per heavy atom. The van der Waals surface area contributed by atoms with E-state index in [4.69, 9.17) is 16.3 Å². The fourth-order valence-electron chi connectivity index (χ4n) is 7.74. The van der Waals surface area contributed by atoms with E-state index in [1.165, 1.54) is 38.5 Å². The van der Waals surface area contributed by atoms with Crippen molar-refractivity contribution in [2.45, 2.75) is 64.5 Å². The average molecular weight is 481 g/mol. The number of aromatic nitrogens is 2. The highest BCUT2D eigenvalue weighted by atomic mass is 35.5. The van der Waals surface area contributed by atoms with Gasteiger partial charge in [0, 0.05) is 31.6 Å². The molecule has 180 valence electrons. The number of ether oxygens (including phenoxy) is 1. The summed E-state index contributed by atoms with van der Waals surface area (Å²) in [5, 5.41) is 3.82. The maximum Gasteiger partial charge on any atom is 0.226 e. The number of halogens is 1. The van der Waals surface area contributed by atoms with Gasteiger partial charge in [-0.2, -0.15) is 0 Å². The summed E-state index contributed by atoms with van der Waals surface area (Å²) in [6.45, 7) is 2.42. The molecular formula is C27H33ClN4O2. The number of nitrogens with zero attached hydrogens (tertiary/aromatic N) is 3. The summed E-state index contributed by atoms with van der Waals surface area (Å²) in [5.74, 6) is 4.12. The Morgan fingerprint density at radius 2 is 1.91 bits per heavy atom. The van der Waals surface area contributed by atoms with Gasteiger partial charge in [-0.05, 0) is 85.8 Å². The summed E-state index contributed by atoms with van der Waals surface area (Å²) in [4.78, 5) is 24.6. The highest BCUT2D eigenvalue weighted by molar-refractivity contribution is 6.32. The second-order valence-electron chi connectivity index (χ2n) is 11.2. The highest BCUT2D eigenvalue weighted by Gasteiger charge is 2.51. The third-order valence-electron chi connectivity index (χ3n) is 8.67. The van der Waals surface area contributed by atoms with E-state index >= 15 is 0 Å². The monoisotopic (exact) mass is 480 g/mol. The Bertz CT molecular complexity index is 1070. The molecule has 0 saturated heterocycles. The highest BCUT2D eigenvalue weighted by Crippen LogP contribution is 2.61. The smallest absolute Gasteiger partial charge is 0.226 e. The van der Waals surface area contributed by atoms with E-state index in [0.717, 1.165) is 60.6 Å². The molecule has 0 unspecified atom stereocenters. The number of carbonyl (C=O) groups excluding carboxylic acids is 1. The van der Waals surface area contributed by atoms with Crippen molar-refractivity contribution in [1.82, 2.24) is 14.9 Å². The predicted molar refractivity (Wildman–Crippen MR) is 132 cm³/mol. The van der Waals surface area contributed by atoms with Crippen LogP contribution in [0.1, 0.15) is 61.8 Å². The lowest BCUT2D eigenvalue weighted by Gasteiger charge is -2.56. The van der Waals surface area contributed by atoms with Gasteiger partial charge in [0.05, 0.1) is 17.8 Å². The van der Waals surface area contributed by atoms with Crippen LogP contribution < -0.4 is 10.1 Å². The van der Waals surface area contributed by atoms with E-state index in [0.29, 0.717) is 23.0 Å². The van der Waals surface area contributed by atoms with E-state index in [9.17, 15) is 4.79 Å². The Hall–Kier alpha value is -2.18. The van der Waals surface area contributed by atoms with Crippen molar-refractivity contribution in [1.29, 1.82) is 0 Å². The van der Waals surface area contributed by atoms with Crippen LogP contribution in [0.2, 0.25) is 5.02 Å². The second kappa shape index (κ2) is 8.80. The summed E-state index contributed by atoms with van der Waals surface area (Å²) in [6.07, 6.45) is 11.0. The summed E-state index contributed by atoms with van der Waals surface area (Å²) >= 11 is 6.31. The van der Waals surface area contributed by atoms with Gasteiger partial charge in [0.1, 0.15) is 17.9 Å². The molecule has 1 aromatic heterocycles. The molecule has 0 radical (unpaired) electrons. The van der Waals surface area contributed by atoms with Gasteiger partial charge in [-0.3, -0.25) is 9.69 Å². The summed E-state index contributed by atoms with van der Waals surface area (Å²) in [5.41, 5.74) is 3.48. The van der Waals surface area contributed by atoms with Crippen LogP contribution in [0.4, 0.5) is 5.82 Å². The van der Waals surface area contributed by atoms with Crippen LogP contribution in [-0.4, -0.2) is 34.4 Å². The maximum atomic E-state index is 13.2. The van der Waals surface area contributed by atoms with Crippen molar-refractivity contribution >= 4 is 23.3 Å². The molecule has 0 spiro atoms. The molecule has 1 aliphatic heterocycles. The minimum absolute atomic E-state index is 0.137. The number of rotatable bonds is 6. The van der Waals surface area contributed by atoms with Gasteiger partial charge in [0.2, 0.25) is 5.91 Å². The largest absolute Gasteiger partial charge is 0.495 e.